The maximum Gasteiger partial charge on any atom is 0.569 e. The highest BCUT2D eigenvalue weighted by molar-refractivity contribution is 6.31. The summed E-state index contributed by atoms with van der Waals surface area (Å²) < 4.78 is 8.91. The molecule has 0 rings (SSSR count). The molecule has 78 valence electrons. The van der Waals surface area contributed by atoms with Crippen LogP contribution in [-0.4, -0.2) is 29.2 Å². The lowest BCUT2D eigenvalue weighted by molar-refractivity contribution is -0.152. The zero-order valence-corrected chi connectivity index (χ0v) is 8.15. The van der Waals surface area contributed by atoms with E-state index in [9.17, 15) is 9.59 Å². The summed E-state index contributed by atoms with van der Waals surface area (Å²) in [5.74, 6) is -2.44. The summed E-state index contributed by atoms with van der Waals surface area (Å²) in [5.41, 5.74) is 8.31. The third-order valence-electron chi connectivity index (χ3n) is 1.24. The standard InChI is InChI=1S/C8H12N2O4/c1-3-4-5-13-8(12)7(10-9)14-6(2)11/h3-5H2,1-2H3. The molecule has 0 aliphatic heterocycles. The van der Waals surface area contributed by atoms with Crippen molar-refractivity contribution in [3.63, 3.8) is 0 Å². The summed E-state index contributed by atoms with van der Waals surface area (Å²) in [5, 5.41) is 0. The third-order valence-corrected chi connectivity index (χ3v) is 1.24. The molecule has 0 bridgehead atoms. The minimum atomic E-state index is -0.948. The average molecular weight is 200 g/mol. The van der Waals surface area contributed by atoms with E-state index in [1.165, 1.54) is 0 Å². The molecule has 0 amide bonds. The lowest BCUT2D eigenvalue weighted by Crippen LogP contribution is -2.24. The smallest absolute Gasteiger partial charge is 0.454 e. The van der Waals surface area contributed by atoms with Gasteiger partial charge in [-0.15, -0.1) is 4.79 Å². The first-order valence-corrected chi connectivity index (χ1v) is 4.19. The predicted molar refractivity (Wildman–Crippen MR) is 46.3 cm³/mol. The first-order chi connectivity index (χ1) is 6.61. The second kappa shape index (κ2) is 6.80. The van der Waals surface area contributed by atoms with Crippen LogP contribution in [0.3, 0.4) is 0 Å². The number of esters is 2. The highest BCUT2D eigenvalue weighted by Crippen LogP contribution is 1.91. The van der Waals surface area contributed by atoms with Gasteiger partial charge in [-0.3, -0.25) is 4.79 Å². The molecule has 0 aliphatic carbocycles. The summed E-state index contributed by atoms with van der Waals surface area (Å²) in [6, 6.07) is 0. The van der Waals surface area contributed by atoms with Crippen LogP contribution in [-0.2, 0) is 19.1 Å². The van der Waals surface area contributed by atoms with Gasteiger partial charge >= 0.3 is 17.8 Å². The molecule has 0 unspecified atom stereocenters. The number of carbonyl (C=O) groups excluding carboxylic acids is 2. The number of unbranched alkanes of at least 4 members (excludes halogenated alkanes) is 1. The molecule has 0 spiro atoms. The van der Waals surface area contributed by atoms with Gasteiger partial charge in [0.1, 0.15) is 0 Å². The molecular weight excluding hydrogens is 188 g/mol. The van der Waals surface area contributed by atoms with E-state index in [1.54, 1.807) is 0 Å². The molecule has 6 nitrogen and oxygen atoms in total. The Morgan fingerprint density at radius 1 is 1.43 bits per heavy atom. The Morgan fingerprint density at radius 2 is 2.07 bits per heavy atom. The summed E-state index contributed by atoms with van der Waals surface area (Å²) in [4.78, 5) is 23.9. The minimum Gasteiger partial charge on any atom is -0.454 e. The zero-order valence-electron chi connectivity index (χ0n) is 8.15. The zero-order chi connectivity index (χ0) is 11.0. The molecule has 0 N–H and O–H groups in total. The summed E-state index contributed by atoms with van der Waals surface area (Å²) in [6.45, 7) is 3.22. The average Bonchev–Trinajstić information content (AvgIpc) is 2.14. The van der Waals surface area contributed by atoms with Crippen LogP contribution < -0.4 is 0 Å². The van der Waals surface area contributed by atoms with Crippen molar-refractivity contribution in [1.82, 2.24) is 0 Å². The van der Waals surface area contributed by atoms with Crippen LogP contribution in [0.4, 0.5) is 0 Å². The number of hydrogen-bond acceptors (Lipinski definition) is 4. The molecule has 0 fully saturated rings. The third kappa shape index (κ3) is 5.05. The monoisotopic (exact) mass is 200 g/mol. The number of ether oxygens (including phenoxy) is 2. The molecule has 14 heavy (non-hydrogen) atoms. The second-order valence-corrected chi connectivity index (χ2v) is 2.49. The molecule has 0 aromatic rings. The van der Waals surface area contributed by atoms with Crippen LogP contribution in [0.15, 0.2) is 0 Å². The van der Waals surface area contributed by atoms with E-state index >= 15 is 0 Å². The molecule has 6 heteroatoms. The predicted octanol–water partition coefficient (Wildman–Crippen LogP) is 0.521. The molecule has 0 radical (unpaired) electrons. The maximum absolute atomic E-state index is 11.0. The van der Waals surface area contributed by atoms with E-state index in [0.717, 1.165) is 13.3 Å². The fourth-order valence-corrected chi connectivity index (χ4v) is 0.610. The van der Waals surface area contributed by atoms with Gasteiger partial charge in [0.25, 0.3) is 0 Å². The van der Waals surface area contributed by atoms with E-state index in [-0.39, 0.29) is 6.61 Å². The van der Waals surface area contributed by atoms with Crippen molar-refractivity contribution in [2.75, 3.05) is 6.61 Å². The first kappa shape index (κ1) is 12.3. The van der Waals surface area contributed by atoms with Crippen molar-refractivity contribution in [2.24, 2.45) is 0 Å². The van der Waals surface area contributed by atoms with Crippen LogP contribution in [0.2, 0.25) is 0 Å². The van der Waals surface area contributed by atoms with Gasteiger partial charge in [0, 0.05) is 6.92 Å². The van der Waals surface area contributed by atoms with Gasteiger partial charge in [0.15, 0.2) is 0 Å². The van der Waals surface area contributed by atoms with Gasteiger partial charge in [-0.25, -0.2) is 4.79 Å². The molecule has 0 aromatic carbocycles. The Hall–Kier alpha value is -1.68. The number of rotatable bonds is 3. The fraction of sp³-hybridized carbons (Fsp3) is 0.625. The number of nitrogens with zero attached hydrogens (tertiary/aromatic N) is 2. The molecule has 0 saturated carbocycles. The Morgan fingerprint density at radius 3 is 2.50 bits per heavy atom. The lowest BCUT2D eigenvalue weighted by atomic mass is 10.4. The molecule has 0 saturated heterocycles. The van der Waals surface area contributed by atoms with Crippen molar-refractivity contribution < 1.29 is 23.9 Å². The van der Waals surface area contributed by atoms with Crippen LogP contribution in [0.25, 0.3) is 5.53 Å². The number of hydrogen-bond donors (Lipinski definition) is 0. The molecule has 0 atom stereocenters. The Kier molecular flexibility index (Phi) is 5.98. The van der Waals surface area contributed by atoms with Crippen molar-refractivity contribution in [1.29, 1.82) is 0 Å². The summed E-state index contributed by atoms with van der Waals surface area (Å²) in [7, 11) is 0. The Bertz CT molecular complexity index is 269. The summed E-state index contributed by atoms with van der Waals surface area (Å²) in [6.07, 6.45) is 1.57. The van der Waals surface area contributed by atoms with E-state index < -0.39 is 17.8 Å². The second-order valence-electron chi connectivity index (χ2n) is 2.49. The van der Waals surface area contributed by atoms with E-state index in [1.807, 2.05) is 6.92 Å². The number of carbonyl (C=O) groups is 2. The van der Waals surface area contributed by atoms with Gasteiger partial charge < -0.3 is 15.0 Å². The Balaban J connectivity index is 4.07. The van der Waals surface area contributed by atoms with Gasteiger partial charge in [-0.1, -0.05) is 13.3 Å². The minimum absolute atomic E-state index is 0.204. The van der Waals surface area contributed by atoms with Crippen molar-refractivity contribution >= 4 is 17.8 Å². The van der Waals surface area contributed by atoms with Crippen LogP contribution >= 0.6 is 0 Å². The van der Waals surface area contributed by atoms with Gasteiger partial charge in [-0.05, 0) is 6.42 Å². The van der Waals surface area contributed by atoms with Gasteiger partial charge in [0.05, 0.1) is 6.61 Å². The largest absolute Gasteiger partial charge is 0.569 e. The SMILES string of the molecule is CCCCOC(=O)C(=[N+]=[N-])OC(C)=O. The molecular formula is C8H12N2O4. The van der Waals surface area contributed by atoms with Gasteiger partial charge in [-0.2, -0.15) is 0 Å². The lowest BCUT2D eigenvalue weighted by Gasteiger charge is -1.98. The quantitative estimate of drug-likeness (QED) is 0.166. The highest BCUT2D eigenvalue weighted by Gasteiger charge is 2.26. The molecule has 0 aromatic heterocycles. The fourth-order valence-electron chi connectivity index (χ4n) is 0.610. The first-order valence-electron chi connectivity index (χ1n) is 4.19. The maximum atomic E-state index is 11.0. The van der Waals surface area contributed by atoms with Crippen LogP contribution in [0.5, 0.6) is 0 Å². The van der Waals surface area contributed by atoms with E-state index in [0.29, 0.717) is 6.42 Å². The van der Waals surface area contributed by atoms with Crippen molar-refractivity contribution in [3.8, 4) is 0 Å². The van der Waals surface area contributed by atoms with E-state index in [2.05, 4.69) is 14.3 Å². The topological polar surface area (TPSA) is 89.0 Å². The molecule has 0 aliphatic rings. The van der Waals surface area contributed by atoms with Crippen molar-refractivity contribution in [3.05, 3.63) is 5.53 Å². The van der Waals surface area contributed by atoms with Crippen LogP contribution in [0, 0.1) is 0 Å². The Labute approximate surface area is 81.4 Å². The normalized spacial score (nSPS) is 8.71. The van der Waals surface area contributed by atoms with Gasteiger partial charge in [0.2, 0.25) is 0 Å². The van der Waals surface area contributed by atoms with Crippen molar-refractivity contribution in [2.45, 2.75) is 26.7 Å². The molecule has 0 heterocycles. The highest BCUT2D eigenvalue weighted by atomic mass is 16.6. The summed E-state index contributed by atoms with van der Waals surface area (Å²) >= 11 is 0. The van der Waals surface area contributed by atoms with Crippen LogP contribution in [0.1, 0.15) is 26.7 Å². The van der Waals surface area contributed by atoms with E-state index in [4.69, 9.17) is 5.53 Å².